The second-order valence-corrected chi connectivity index (χ2v) is 7.49. The summed E-state index contributed by atoms with van der Waals surface area (Å²) in [6.45, 7) is 4.32. The maximum Gasteiger partial charge on any atom is 0.264 e. The van der Waals surface area contributed by atoms with Crippen LogP contribution in [-0.2, 0) is 11.3 Å². The molecule has 29 heavy (non-hydrogen) atoms. The summed E-state index contributed by atoms with van der Waals surface area (Å²) in [4.78, 5) is 30.2. The molecule has 1 N–H and O–H groups in total. The molecular formula is C22H24N4O3. The van der Waals surface area contributed by atoms with E-state index in [9.17, 15) is 9.59 Å². The van der Waals surface area contributed by atoms with Gasteiger partial charge in [-0.2, -0.15) is 4.98 Å². The van der Waals surface area contributed by atoms with Crippen LogP contribution < -0.4 is 10.9 Å². The van der Waals surface area contributed by atoms with Crippen LogP contribution in [0.25, 0.3) is 11.5 Å². The van der Waals surface area contributed by atoms with Gasteiger partial charge in [0.15, 0.2) is 5.82 Å². The molecule has 0 aliphatic heterocycles. The van der Waals surface area contributed by atoms with Crippen LogP contribution in [0.2, 0.25) is 0 Å². The highest BCUT2D eigenvalue weighted by Gasteiger charge is 2.30. The predicted molar refractivity (Wildman–Crippen MR) is 108 cm³/mol. The highest BCUT2D eigenvalue weighted by molar-refractivity contribution is 5.80. The third kappa shape index (κ3) is 4.13. The Labute approximate surface area is 168 Å². The number of pyridine rings is 1. The van der Waals surface area contributed by atoms with Gasteiger partial charge in [0.25, 0.3) is 11.4 Å². The summed E-state index contributed by atoms with van der Waals surface area (Å²) in [6.07, 6.45) is 4.22. The molecule has 150 valence electrons. The Balaban J connectivity index is 1.54. The number of carbonyl (C=O) groups is 1. The van der Waals surface area contributed by atoms with Crippen molar-refractivity contribution in [2.24, 2.45) is 0 Å². The first-order valence-electron chi connectivity index (χ1n) is 9.95. The second kappa shape index (κ2) is 8.03. The monoisotopic (exact) mass is 392 g/mol. The lowest BCUT2D eigenvalue weighted by Gasteiger charge is -2.18. The number of rotatable bonds is 7. The highest BCUT2D eigenvalue weighted by Crippen LogP contribution is 2.38. The molecule has 4 rings (SSSR count). The number of amides is 1. The standard InChI is InChI=1S/C22H24N4O3/c1-3-18(20(27)23-13-15-8-6-14(2)7-9-15)26-12-4-5-17(22(26)28)21-24-19(25-29-21)16-10-11-16/h4-9,12,16,18H,3,10-11,13H2,1-2H3,(H,23,27). The molecular weight excluding hydrogens is 368 g/mol. The molecule has 1 aliphatic rings. The Morgan fingerprint density at radius 1 is 1.28 bits per heavy atom. The van der Waals surface area contributed by atoms with Crippen LogP contribution in [0.4, 0.5) is 0 Å². The van der Waals surface area contributed by atoms with E-state index >= 15 is 0 Å². The Hall–Kier alpha value is -3.22. The lowest BCUT2D eigenvalue weighted by molar-refractivity contribution is -0.124. The summed E-state index contributed by atoms with van der Waals surface area (Å²) in [6, 6.07) is 10.7. The maximum absolute atomic E-state index is 13.0. The van der Waals surface area contributed by atoms with E-state index in [1.807, 2.05) is 38.1 Å². The molecule has 2 heterocycles. The van der Waals surface area contributed by atoms with E-state index in [0.29, 0.717) is 30.3 Å². The Bertz CT molecular complexity index is 1060. The highest BCUT2D eigenvalue weighted by atomic mass is 16.5. The van der Waals surface area contributed by atoms with E-state index in [4.69, 9.17) is 4.52 Å². The van der Waals surface area contributed by atoms with Crippen LogP contribution in [0.15, 0.2) is 51.9 Å². The van der Waals surface area contributed by atoms with Gasteiger partial charge in [-0.3, -0.25) is 9.59 Å². The fourth-order valence-corrected chi connectivity index (χ4v) is 3.29. The van der Waals surface area contributed by atoms with Crippen molar-refractivity contribution in [1.82, 2.24) is 20.0 Å². The van der Waals surface area contributed by atoms with Crippen molar-refractivity contribution in [1.29, 1.82) is 0 Å². The number of nitrogens with zero attached hydrogens (tertiary/aromatic N) is 3. The topological polar surface area (TPSA) is 90.0 Å². The van der Waals surface area contributed by atoms with Crippen LogP contribution in [0.3, 0.4) is 0 Å². The number of hydrogen-bond donors (Lipinski definition) is 1. The lowest BCUT2D eigenvalue weighted by Crippen LogP contribution is -2.37. The molecule has 3 aromatic rings. The molecule has 1 amide bonds. The first-order chi connectivity index (χ1) is 14.1. The van der Waals surface area contributed by atoms with Gasteiger partial charge in [-0.1, -0.05) is 41.9 Å². The third-order valence-corrected chi connectivity index (χ3v) is 5.20. The summed E-state index contributed by atoms with van der Waals surface area (Å²) in [7, 11) is 0. The number of aromatic nitrogens is 3. The fourth-order valence-electron chi connectivity index (χ4n) is 3.29. The van der Waals surface area contributed by atoms with Crippen LogP contribution in [0.5, 0.6) is 0 Å². The van der Waals surface area contributed by atoms with E-state index in [1.54, 1.807) is 18.3 Å². The minimum Gasteiger partial charge on any atom is -0.350 e. The minimum atomic E-state index is -0.612. The zero-order chi connectivity index (χ0) is 20.4. The van der Waals surface area contributed by atoms with Crippen molar-refractivity contribution in [3.63, 3.8) is 0 Å². The van der Waals surface area contributed by atoms with Gasteiger partial charge in [0.05, 0.1) is 0 Å². The molecule has 2 aromatic heterocycles. The SMILES string of the molecule is CCC(C(=O)NCc1ccc(C)cc1)n1cccc(-c2nc(C3CC3)no2)c1=O. The van der Waals surface area contributed by atoms with E-state index < -0.39 is 6.04 Å². The molecule has 1 aromatic carbocycles. The fraction of sp³-hybridized carbons (Fsp3) is 0.364. The molecule has 1 fully saturated rings. The van der Waals surface area contributed by atoms with E-state index in [1.165, 1.54) is 10.1 Å². The normalized spacial score (nSPS) is 14.6. The van der Waals surface area contributed by atoms with Crippen molar-refractivity contribution in [2.75, 3.05) is 0 Å². The number of nitrogens with one attached hydrogen (secondary N) is 1. The minimum absolute atomic E-state index is 0.198. The molecule has 1 aliphatic carbocycles. The quantitative estimate of drug-likeness (QED) is 0.666. The molecule has 7 nitrogen and oxygen atoms in total. The number of hydrogen-bond acceptors (Lipinski definition) is 5. The van der Waals surface area contributed by atoms with Crippen molar-refractivity contribution in [2.45, 2.75) is 51.6 Å². The first kappa shape index (κ1) is 19.1. The molecule has 0 radical (unpaired) electrons. The maximum atomic E-state index is 13.0. The van der Waals surface area contributed by atoms with Gasteiger partial charge in [-0.15, -0.1) is 0 Å². The Morgan fingerprint density at radius 3 is 2.72 bits per heavy atom. The van der Waals surface area contributed by atoms with Gasteiger partial charge in [0, 0.05) is 18.7 Å². The van der Waals surface area contributed by atoms with E-state index in [0.717, 1.165) is 18.4 Å². The van der Waals surface area contributed by atoms with Crippen LogP contribution >= 0.6 is 0 Å². The molecule has 0 bridgehead atoms. The number of aryl methyl sites for hydroxylation is 1. The lowest BCUT2D eigenvalue weighted by atomic mass is 10.1. The van der Waals surface area contributed by atoms with Crippen LogP contribution in [0, 0.1) is 6.92 Å². The van der Waals surface area contributed by atoms with Crippen molar-refractivity contribution >= 4 is 5.91 Å². The number of benzene rings is 1. The summed E-state index contributed by atoms with van der Waals surface area (Å²) in [5.74, 6) is 1.00. The predicted octanol–water partition coefficient (Wildman–Crippen LogP) is 3.35. The van der Waals surface area contributed by atoms with Gasteiger partial charge in [0.1, 0.15) is 11.6 Å². The Kier molecular flexibility index (Phi) is 5.29. The molecule has 0 spiro atoms. The Morgan fingerprint density at radius 2 is 2.03 bits per heavy atom. The zero-order valence-electron chi connectivity index (χ0n) is 16.6. The van der Waals surface area contributed by atoms with E-state index in [-0.39, 0.29) is 17.4 Å². The summed E-state index contributed by atoms with van der Waals surface area (Å²) >= 11 is 0. The van der Waals surface area contributed by atoms with Gasteiger partial charge in [-0.25, -0.2) is 0 Å². The number of carbonyl (C=O) groups excluding carboxylic acids is 1. The average Bonchev–Trinajstić information content (AvgIpc) is 3.46. The average molecular weight is 392 g/mol. The molecule has 7 heteroatoms. The molecule has 1 atom stereocenters. The van der Waals surface area contributed by atoms with Gasteiger partial charge >= 0.3 is 0 Å². The van der Waals surface area contributed by atoms with Crippen molar-refractivity contribution < 1.29 is 9.32 Å². The largest absolute Gasteiger partial charge is 0.350 e. The van der Waals surface area contributed by atoms with Crippen molar-refractivity contribution in [3.8, 4) is 11.5 Å². The van der Waals surface area contributed by atoms with Gasteiger partial charge < -0.3 is 14.4 Å². The summed E-state index contributed by atoms with van der Waals surface area (Å²) in [5, 5.41) is 6.91. The molecule has 0 saturated heterocycles. The summed E-state index contributed by atoms with van der Waals surface area (Å²) in [5.41, 5.74) is 2.19. The smallest absolute Gasteiger partial charge is 0.264 e. The van der Waals surface area contributed by atoms with Crippen LogP contribution in [-0.4, -0.2) is 20.6 Å². The van der Waals surface area contributed by atoms with Gasteiger partial charge in [0.2, 0.25) is 5.91 Å². The zero-order valence-corrected chi connectivity index (χ0v) is 16.6. The first-order valence-corrected chi connectivity index (χ1v) is 9.95. The molecule has 1 saturated carbocycles. The molecule has 1 unspecified atom stereocenters. The van der Waals surface area contributed by atoms with Crippen LogP contribution in [0.1, 0.15) is 55.1 Å². The second-order valence-electron chi connectivity index (χ2n) is 7.49. The van der Waals surface area contributed by atoms with E-state index in [2.05, 4.69) is 15.5 Å². The van der Waals surface area contributed by atoms with Gasteiger partial charge in [-0.05, 0) is 43.9 Å². The third-order valence-electron chi connectivity index (χ3n) is 5.20. The summed E-state index contributed by atoms with van der Waals surface area (Å²) < 4.78 is 6.75. The van der Waals surface area contributed by atoms with Crippen molar-refractivity contribution in [3.05, 3.63) is 69.9 Å².